The molecule has 1 fully saturated rings. The predicted octanol–water partition coefficient (Wildman–Crippen LogP) is 6.82. The lowest BCUT2D eigenvalue weighted by Gasteiger charge is -2.24. The molecule has 9 heteroatoms. The number of methoxy groups -OCH3 is 1. The number of carbonyl (C=O) groups is 2. The number of benzene rings is 3. The Bertz CT molecular complexity index is 1630. The van der Waals surface area contributed by atoms with Gasteiger partial charge in [0, 0.05) is 5.56 Å². The predicted molar refractivity (Wildman–Crippen MR) is 160 cm³/mol. The smallest absolute Gasteiger partial charge is 0.301 e. The zero-order valence-electron chi connectivity index (χ0n) is 23.5. The highest BCUT2D eigenvalue weighted by Gasteiger charge is 2.48. The number of ether oxygens (including phenoxy) is 3. The van der Waals surface area contributed by atoms with Gasteiger partial charge in [-0.2, -0.15) is 0 Å². The number of ketones is 1. The first-order valence-corrected chi connectivity index (χ1v) is 14.4. The Morgan fingerprint density at radius 2 is 1.78 bits per heavy atom. The summed E-state index contributed by atoms with van der Waals surface area (Å²) in [6.45, 7) is 6.98. The average Bonchev–Trinajstić information content (AvgIpc) is 3.51. The molecule has 2 heterocycles. The molecule has 5 rings (SSSR count). The highest BCUT2D eigenvalue weighted by Crippen LogP contribution is 2.46. The number of Topliss-reactive ketones (excluding diaryl/α,β-unsaturated/α-hetero) is 1. The number of nitrogens with zero attached hydrogens (tertiary/aromatic N) is 2. The molecule has 1 amide bonds. The first-order chi connectivity index (χ1) is 19.9. The number of hydrogen-bond donors (Lipinski definition) is 1. The van der Waals surface area contributed by atoms with E-state index in [-0.39, 0.29) is 11.3 Å². The maximum absolute atomic E-state index is 13.6. The number of carbonyl (C=O) groups excluding carboxylic acids is 2. The maximum atomic E-state index is 13.6. The topological polar surface area (TPSA) is 98.2 Å². The third kappa shape index (κ3) is 5.50. The molecule has 1 aromatic heterocycles. The van der Waals surface area contributed by atoms with Crippen LogP contribution in [0.5, 0.6) is 17.2 Å². The Labute approximate surface area is 242 Å². The summed E-state index contributed by atoms with van der Waals surface area (Å²) in [6, 6.07) is 17.0. The summed E-state index contributed by atoms with van der Waals surface area (Å²) in [4.78, 5) is 33.3. The van der Waals surface area contributed by atoms with E-state index >= 15 is 0 Å². The van der Waals surface area contributed by atoms with Gasteiger partial charge in [0.25, 0.3) is 5.78 Å². The molecule has 1 N–H and O–H groups in total. The number of unbranched alkanes of at least 4 members (excludes halogenated alkanes) is 1. The summed E-state index contributed by atoms with van der Waals surface area (Å²) < 4.78 is 18.0. The molecule has 4 aromatic rings. The third-order valence-electron chi connectivity index (χ3n) is 6.89. The van der Waals surface area contributed by atoms with Gasteiger partial charge in [-0.3, -0.25) is 14.5 Å². The van der Waals surface area contributed by atoms with Gasteiger partial charge in [0.05, 0.1) is 42.2 Å². The molecule has 3 aromatic carbocycles. The van der Waals surface area contributed by atoms with Gasteiger partial charge >= 0.3 is 5.91 Å². The average molecular weight is 573 g/mol. The van der Waals surface area contributed by atoms with Crippen molar-refractivity contribution >= 4 is 44.1 Å². The molecule has 212 valence electrons. The van der Waals surface area contributed by atoms with Gasteiger partial charge in [0.2, 0.25) is 0 Å². The molecule has 41 heavy (non-hydrogen) atoms. The van der Waals surface area contributed by atoms with E-state index < -0.39 is 17.7 Å². The van der Waals surface area contributed by atoms with Crippen LogP contribution in [0.4, 0.5) is 5.13 Å². The molecular weight excluding hydrogens is 540 g/mol. The fourth-order valence-electron chi connectivity index (χ4n) is 4.76. The lowest BCUT2D eigenvalue weighted by Crippen LogP contribution is -2.29. The molecule has 1 saturated heterocycles. The van der Waals surface area contributed by atoms with Crippen molar-refractivity contribution in [3.63, 3.8) is 0 Å². The van der Waals surface area contributed by atoms with Gasteiger partial charge in [-0.25, -0.2) is 4.98 Å². The van der Waals surface area contributed by atoms with E-state index in [0.29, 0.717) is 52.2 Å². The molecule has 0 spiro atoms. The van der Waals surface area contributed by atoms with Gasteiger partial charge in [-0.05, 0) is 56.2 Å². The van der Waals surface area contributed by atoms with E-state index in [4.69, 9.17) is 19.2 Å². The van der Waals surface area contributed by atoms with Gasteiger partial charge in [-0.15, -0.1) is 0 Å². The molecule has 0 bridgehead atoms. The Balaban J connectivity index is 1.67. The number of anilines is 1. The van der Waals surface area contributed by atoms with Crippen LogP contribution in [0.3, 0.4) is 0 Å². The van der Waals surface area contributed by atoms with Gasteiger partial charge < -0.3 is 19.3 Å². The van der Waals surface area contributed by atoms with E-state index in [1.807, 2.05) is 44.2 Å². The quantitative estimate of drug-likeness (QED) is 0.0964. The van der Waals surface area contributed by atoms with Crippen molar-refractivity contribution in [1.82, 2.24) is 4.98 Å². The lowest BCUT2D eigenvalue weighted by molar-refractivity contribution is -0.132. The van der Waals surface area contributed by atoms with Crippen LogP contribution in [-0.4, -0.2) is 42.1 Å². The van der Waals surface area contributed by atoms with E-state index in [9.17, 15) is 14.7 Å². The van der Waals surface area contributed by atoms with Crippen molar-refractivity contribution in [2.24, 2.45) is 0 Å². The highest BCUT2D eigenvalue weighted by atomic mass is 32.1. The molecule has 0 aliphatic carbocycles. The maximum Gasteiger partial charge on any atom is 0.301 e. The number of amides is 1. The zero-order valence-corrected chi connectivity index (χ0v) is 24.3. The molecular formula is C32H32N2O6S. The molecule has 1 unspecified atom stereocenters. The summed E-state index contributed by atoms with van der Waals surface area (Å²) in [5.74, 6) is -0.0946. The molecule has 0 radical (unpaired) electrons. The van der Waals surface area contributed by atoms with Crippen LogP contribution in [0.1, 0.15) is 49.4 Å². The normalized spacial score (nSPS) is 16.4. The van der Waals surface area contributed by atoms with Crippen molar-refractivity contribution in [3.8, 4) is 17.2 Å². The standard InChI is InChI=1S/C32H32N2O6S/c1-5-7-16-40-24-15-12-21(17-25(24)38-4)28-27(29(35)20-10-8-19(3)9-11-20)30(36)31(37)34(28)32-33-23-14-13-22(39-6-2)18-26(23)41-32/h8-15,17-18,28,35H,5-7,16H2,1-4H3. The van der Waals surface area contributed by atoms with Crippen LogP contribution in [0.15, 0.2) is 66.2 Å². The van der Waals surface area contributed by atoms with Crippen LogP contribution in [0, 0.1) is 6.92 Å². The van der Waals surface area contributed by atoms with Crippen LogP contribution >= 0.6 is 11.3 Å². The Morgan fingerprint density at radius 3 is 2.49 bits per heavy atom. The van der Waals surface area contributed by atoms with E-state index in [1.165, 1.54) is 16.2 Å². The number of aliphatic hydroxyl groups is 1. The fraction of sp³-hybridized carbons (Fsp3) is 0.281. The summed E-state index contributed by atoms with van der Waals surface area (Å²) in [6.07, 6.45) is 1.88. The number of aryl methyl sites for hydroxylation is 1. The minimum absolute atomic E-state index is 0.0187. The third-order valence-corrected chi connectivity index (χ3v) is 7.91. The summed E-state index contributed by atoms with van der Waals surface area (Å²) in [5, 5.41) is 11.8. The van der Waals surface area contributed by atoms with Crippen molar-refractivity contribution in [2.75, 3.05) is 25.2 Å². The summed E-state index contributed by atoms with van der Waals surface area (Å²) in [7, 11) is 1.54. The Kier molecular flexibility index (Phi) is 8.26. The number of aromatic nitrogens is 1. The van der Waals surface area contributed by atoms with E-state index in [1.54, 1.807) is 37.4 Å². The Morgan fingerprint density at radius 1 is 1.00 bits per heavy atom. The lowest BCUT2D eigenvalue weighted by atomic mass is 9.95. The minimum Gasteiger partial charge on any atom is -0.507 e. The number of rotatable bonds is 10. The highest BCUT2D eigenvalue weighted by molar-refractivity contribution is 7.22. The Hall–Kier alpha value is -4.37. The number of hydrogen-bond acceptors (Lipinski definition) is 8. The fourth-order valence-corrected chi connectivity index (χ4v) is 5.79. The number of thiazole rings is 1. The van der Waals surface area contributed by atoms with E-state index in [0.717, 1.165) is 23.1 Å². The van der Waals surface area contributed by atoms with Gasteiger partial charge in [0.1, 0.15) is 11.5 Å². The van der Waals surface area contributed by atoms with Crippen molar-refractivity contribution < 1.29 is 28.9 Å². The largest absolute Gasteiger partial charge is 0.507 e. The molecule has 0 saturated carbocycles. The monoisotopic (exact) mass is 572 g/mol. The molecule has 1 aliphatic heterocycles. The number of fused-ring (bicyclic) bond motifs is 1. The van der Waals surface area contributed by atoms with Crippen molar-refractivity contribution in [3.05, 3.63) is 82.9 Å². The first kappa shape index (κ1) is 28.2. The van der Waals surface area contributed by atoms with Crippen molar-refractivity contribution in [1.29, 1.82) is 0 Å². The summed E-state index contributed by atoms with van der Waals surface area (Å²) in [5.41, 5.74) is 2.67. The summed E-state index contributed by atoms with van der Waals surface area (Å²) >= 11 is 1.28. The number of aliphatic hydroxyl groups excluding tert-OH is 1. The van der Waals surface area contributed by atoms with Gasteiger partial charge in [-0.1, -0.05) is 60.6 Å². The van der Waals surface area contributed by atoms with Crippen LogP contribution in [0.2, 0.25) is 0 Å². The first-order valence-electron chi connectivity index (χ1n) is 13.6. The minimum atomic E-state index is -0.943. The molecule has 1 aliphatic rings. The second kappa shape index (κ2) is 12.0. The second-order valence-corrected chi connectivity index (χ2v) is 10.7. The molecule has 1 atom stereocenters. The van der Waals surface area contributed by atoms with Crippen LogP contribution in [0.25, 0.3) is 16.0 Å². The zero-order chi connectivity index (χ0) is 29.1. The van der Waals surface area contributed by atoms with Crippen LogP contribution in [-0.2, 0) is 9.59 Å². The van der Waals surface area contributed by atoms with Gasteiger partial charge in [0.15, 0.2) is 16.6 Å². The SMILES string of the molecule is CCCCOc1ccc(C2C(=C(O)c3ccc(C)cc3)C(=O)C(=O)N2c2nc3ccc(OCC)cc3s2)cc1OC. The van der Waals surface area contributed by atoms with E-state index in [2.05, 4.69) is 6.92 Å². The van der Waals surface area contributed by atoms with Crippen molar-refractivity contribution in [2.45, 2.75) is 39.7 Å². The second-order valence-electron chi connectivity index (χ2n) is 9.71. The van der Waals surface area contributed by atoms with Crippen LogP contribution < -0.4 is 19.1 Å². The molecule has 8 nitrogen and oxygen atoms in total.